The maximum Gasteiger partial charge on any atom is 0.345 e. The van der Waals surface area contributed by atoms with Gasteiger partial charge in [-0.05, 0) is 36.4 Å². The van der Waals surface area contributed by atoms with Crippen molar-refractivity contribution in [3.05, 3.63) is 81.1 Å². The van der Waals surface area contributed by atoms with E-state index in [1.165, 1.54) is 6.33 Å². The molecule has 1 aromatic heterocycles. The summed E-state index contributed by atoms with van der Waals surface area (Å²) in [4.78, 5) is 31.8. The van der Waals surface area contributed by atoms with Crippen LogP contribution in [0.2, 0.25) is 0 Å². The van der Waals surface area contributed by atoms with Crippen LogP contribution in [0.25, 0.3) is 0 Å². The zero-order chi connectivity index (χ0) is 19.2. The van der Waals surface area contributed by atoms with Crippen LogP contribution in [0.15, 0.2) is 75.3 Å². The molecule has 10 heteroatoms. The van der Waals surface area contributed by atoms with Gasteiger partial charge in [0.2, 0.25) is 5.82 Å². The number of nitrogens with zero attached hydrogens (tertiary/aromatic N) is 3. The SMILES string of the molecule is O=C(NNc1ncnc(Sc2ccccc2)c1[N+](=O)[O-])c1ccc(Br)cc1. The van der Waals surface area contributed by atoms with Gasteiger partial charge in [-0.2, -0.15) is 0 Å². The maximum absolute atomic E-state index is 12.2. The molecule has 0 bridgehead atoms. The Labute approximate surface area is 166 Å². The van der Waals surface area contributed by atoms with E-state index in [1.54, 1.807) is 24.3 Å². The number of halogens is 1. The Morgan fingerprint density at radius 1 is 1.07 bits per heavy atom. The predicted octanol–water partition coefficient (Wildman–Crippen LogP) is 4.06. The van der Waals surface area contributed by atoms with E-state index in [9.17, 15) is 14.9 Å². The standard InChI is InChI=1S/C17H12BrN5O3S/c18-12-8-6-11(7-9-12)16(24)22-21-15-14(23(25)26)17(20-10-19-15)27-13-4-2-1-3-5-13/h1-10H,(H,22,24)(H,19,20,21). The lowest BCUT2D eigenvalue weighted by Gasteiger charge is -2.09. The molecule has 136 valence electrons. The third-order valence-corrected chi connectivity index (χ3v) is 4.86. The predicted molar refractivity (Wildman–Crippen MR) is 104 cm³/mol. The summed E-state index contributed by atoms with van der Waals surface area (Å²) in [7, 11) is 0. The molecule has 0 spiro atoms. The van der Waals surface area contributed by atoms with Gasteiger partial charge in [0.05, 0.1) is 4.92 Å². The molecule has 0 saturated heterocycles. The number of anilines is 1. The topological polar surface area (TPSA) is 110 Å². The Morgan fingerprint density at radius 3 is 2.44 bits per heavy atom. The van der Waals surface area contributed by atoms with Crippen molar-refractivity contribution in [1.82, 2.24) is 15.4 Å². The summed E-state index contributed by atoms with van der Waals surface area (Å²) < 4.78 is 0.834. The highest BCUT2D eigenvalue weighted by Gasteiger charge is 2.24. The van der Waals surface area contributed by atoms with E-state index in [1.807, 2.05) is 30.3 Å². The van der Waals surface area contributed by atoms with E-state index >= 15 is 0 Å². The van der Waals surface area contributed by atoms with E-state index in [4.69, 9.17) is 0 Å². The highest BCUT2D eigenvalue weighted by molar-refractivity contribution is 9.10. The van der Waals surface area contributed by atoms with Crippen molar-refractivity contribution < 1.29 is 9.72 Å². The van der Waals surface area contributed by atoms with Crippen LogP contribution < -0.4 is 10.9 Å². The molecule has 0 unspecified atom stereocenters. The van der Waals surface area contributed by atoms with Crippen LogP contribution in [0.4, 0.5) is 11.5 Å². The van der Waals surface area contributed by atoms with Gasteiger partial charge in [0.15, 0.2) is 5.03 Å². The molecule has 2 N–H and O–H groups in total. The van der Waals surface area contributed by atoms with Crippen LogP contribution >= 0.6 is 27.7 Å². The molecular formula is C17H12BrN5O3S. The molecule has 0 aliphatic carbocycles. The molecule has 0 fully saturated rings. The highest BCUT2D eigenvalue weighted by Crippen LogP contribution is 2.36. The van der Waals surface area contributed by atoms with Crippen LogP contribution in [0, 0.1) is 10.1 Å². The number of hydrogen-bond donors (Lipinski definition) is 2. The Balaban J connectivity index is 1.80. The van der Waals surface area contributed by atoms with E-state index in [0.29, 0.717) is 5.56 Å². The summed E-state index contributed by atoms with van der Waals surface area (Å²) in [6, 6.07) is 15.8. The van der Waals surface area contributed by atoms with E-state index in [0.717, 1.165) is 21.1 Å². The Kier molecular flexibility index (Phi) is 5.99. The zero-order valence-electron chi connectivity index (χ0n) is 13.6. The van der Waals surface area contributed by atoms with E-state index < -0.39 is 10.8 Å². The molecule has 8 nitrogen and oxygen atoms in total. The molecule has 0 aliphatic heterocycles. The quantitative estimate of drug-likeness (QED) is 0.334. The van der Waals surface area contributed by atoms with Gasteiger partial charge in [-0.25, -0.2) is 9.97 Å². The summed E-state index contributed by atoms with van der Waals surface area (Å²) in [6.07, 6.45) is 1.20. The first-order chi connectivity index (χ1) is 13.0. The summed E-state index contributed by atoms with van der Waals surface area (Å²) >= 11 is 4.43. The van der Waals surface area contributed by atoms with Gasteiger partial charge < -0.3 is 0 Å². The lowest BCUT2D eigenvalue weighted by atomic mass is 10.2. The number of aromatic nitrogens is 2. The van der Waals surface area contributed by atoms with Gasteiger partial charge in [0.1, 0.15) is 6.33 Å². The molecule has 2 aromatic carbocycles. The fourth-order valence-corrected chi connectivity index (χ4v) is 3.23. The fourth-order valence-electron chi connectivity index (χ4n) is 2.08. The van der Waals surface area contributed by atoms with Crippen LogP contribution in [0.3, 0.4) is 0 Å². The van der Waals surface area contributed by atoms with Gasteiger partial charge in [-0.15, -0.1) is 0 Å². The molecular weight excluding hydrogens is 434 g/mol. The average Bonchev–Trinajstić information content (AvgIpc) is 2.67. The lowest BCUT2D eigenvalue weighted by Crippen LogP contribution is -2.30. The van der Waals surface area contributed by atoms with Crippen LogP contribution in [0.1, 0.15) is 10.4 Å². The summed E-state index contributed by atoms with van der Waals surface area (Å²) in [5, 5.41) is 11.7. The van der Waals surface area contributed by atoms with Gasteiger partial charge in [0, 0.05) is 14.9 Å². The molecule has 0 saturated carbocycles. The molecule has 3 rings (SSSR count). The minimum absolute atomic E-state index is 0.0982. The Bertz CT molecular complexity index is 970. The lowest BCUT2D eigenvalue weighted by molar-refractivity contribution is -0.387. The minimum Gasteiger partial charge on any atom is -0.276 e. The van der Waals surface area contributed by atoms with Crippen molar-refractivity contribution in [1.29, 1.82) is 0 Å². The Morgan fingerprint density at radius 2 is 1.78 bits per heavy atom. The summed E-state index contributed by atoms with van der Waals surface area (Å²) in [5.74, 6) is -0.549. The minimum atomic E-state index is -0.584. The normalized spacial score (nSPS) is 10.3. The number of nitrogens with one attached hydrogen (secondary N) is 2. The molecule has 0 atom stereocenters. The molecule has 0 radical (unpaired) electrons. The van der Waals surface area contributed by atoms with Gasteiger partial charge >= 0.3 is 5.69 Å². The van der Waals surface area contributed by atoms with Crippen molar-refractivity contribution in [2.45, 2.75) is 9.92 Å². The number of hydrogen-bond acceptors (Lipinski definition) is 7. The van der Waals surface area contributed by atoms with Crippen molar-refractivity contribution in [2.24, 2.45) is 0 Å². The van der Waals surface area contributed by atoms with Crippen molar-refractivity contribution in [3.63, 3.8) is 0 Å². The summed E-state index contributed by atoms with van der Waals surface area (Å²) in [6.45, 7) is 0. The van der Waals surface area contributed by atoms with Crippen molar-refractivity contribution >= 4 is 45.1 Å². The van der Waals surface area contributed by atoms with E-state index in [-0.39, 0.29) is 16.5 Å². The second kappa shape index (κ2) is 8.60. The summed E-state index contributed by atoms with van der Waals surface area (Å²) in [5.41, 5.74) is 5.00. The van der Waals surface area contributed by atoms with Crippen molar-refractivity contribution in [3.8, 4) is 0 Å². The first-order valence-corrected chi connectivity index (χ1v) is 9.20. The second-order valence-electron chi connectivity index (χ2n) is 5.13. The highest BCUT2D eigenvalue weighted by atomic mass is 79.9. The van der Waals surface area contributed by atoms with Crippen LogP contribution in [0.5, 0.6) is 0 Å². The number of rotatable bonds is 6. The number of amides is 1. The number of nitro groups is 1. The van der Waals surface area contributed by atoms with Gasteiger partial charge in [0.25, 0.3) is 5.91 Å². The second-order valence-corrected chi connectivity index (χ2v) is 7.11. The van der Waals surface area contributed by atoms with E-state index in [2.05, 4.69) is 36.7 Å². The number of carbonyl (C=O) groups is 1. The molecule has 1 amide bonds. The monoisotopic (exact) mass is 445 g/mol. The Hall–Kier alpha value is -2.98. The number of benzene rings is 2. The molecule has 1 heterocycles. The maximum atomic E-state index is 12.2. The van der Waals surface area contributed by atoms with Crippen molar-refractivity contribution in [2.75, 3.05) is 5.43 Å². The molecule has 3 aromatic rings. The zero-order valence-corrected chi connectivity index (χ0v) is 16.0. The fraction of sp³-hybridized carbons (Fsp3) is 0. The number of hydrazine groups is 1. The third-order valence-electron chi connectivity index (χ3n) is 3.33. The largest absolute Gasteiger partial charge is 0.345 e. The van der Waals surface area contributed by atoms with Crippen LogP contribution in [-0.4, -0.2) is 20.8 Å². The smallest absolute Gasteiger partial charge is 0.276 e. The third kappa shape index (κ3) is 4.80. The molecule has 27 heavy (non-hydrogen) atoms. The van der Waals surface area contributed by atoms with Gasteiger partial charge in [-0.1, -0.05) is 45.9 Å². The molecule has 0 aliphatic rings. The van der Waals surface area contributed by atoms with Crippen LogP contribution in [-0.2, 0) is 0 Å². The van der Waals surface area contributed by atoms with Gasteiger partial charge in [-0.3, -0.25) is 25.8 Å². The first kappa shape index (κ1) is 18.8. The number of carbonyl (C=O) groups excluding carboxylic acids is 1. The first-order valence-electron chi connectivity index (χ1n) is 7.59. The average molecular weight is 446 g/mol.